The van der Waals surface area contributed by atoms with Crippen molar-refractivity contribution in [2.75, 3.05) is 43.0 Å². The molecule has 3 aromatic rings. The number of piperazine rings is 1. The van der Waals surface area contributed by atoms with Gasteiger partial charge in [-0.1, -0.05) is 24.6 Å². The third kappa shape index (κ3) is 5.62. The Morgan fingerprint density at radius 3 is 2.46 bits per heavy atom. The molecule has 0 unspecified atom stereocenters. The van der Waals surface area contributed by atoms with E-state index in [4.69, 9.17) is 0 Å². The topological polar surface area (TPSA) is 148 Å². The normalized spacial score (nSPS) is 19.4. The van der Waals surface area contributed by atoms with Crippen LogP contribution in [0.5, 0.6) is 0 Å². The molecule has 11 heteroatoms. The molecule has 0 spiro atoms. The van der Waals surface area contributed by atoms with E-state index in [1.165, 1.54) is 4.80 Å². The predicted octanol–water partition coefficient (Wildman–Crippen LogP) is 1.46. The van der Waals surface area contributed by atoms with Gasteiger partial charge in [-0.05, 0) is 49.9 Å². The summed E-state index contributed by atoms with van der Waals surface area (Å²) in [6.45, 7) is 4.53. The van der Waals surface area contributed by atoms with Crippen LogP contribution in [0.1, 0.15) is 35.4 Å². The summed E-state index contributed by atoms with van der Waals surface area (Å²) >= 11 is 0. The Balaban J connectivity index is 0.00000320. The highest BCUT2D eigenvalue weighted by molar-refractivity contribution is 6.03. The van der Waals surface area contributed by atoms with Crippen LogP contribution in [0.2, 0.25) is 0 Å². The number of hydrogen-bond donors (Lipinski definition) is 2. The zero-order chi connectivity index (χ0) is 25.1. The molecule has 11 nitrogen and oxygen atoms in total. The SMILES string of the molecule is Cc1nn(-c2ccccc2)nc1C(=O)Nc1ccc(N2CCN(C(=O)[C@H]3CCC[C@@H]3CO)CC2)nc1.O. The lowest BCUT2D eigenvalue weighted by Crippen LogP contribution is -2.51. The van der Waals surface area contributed by atoms with Crippen molar-refractivity contribution in [3.63, 3.8) is 0 Å². The summed E-state index contributed by atoms with van der Waals surface area (Å²) < 4.78 is 0. The van der Waals surface area contributed by atoms with E-state index in [0.29, 0.717) is 37.6 Å². The average molecular weight is 508 g/mol. The van der Waals surface area contributed by atoms with Crippen LogP contribution >= 0.6 is 0 Å². The lowest BCUT2D eigenvalue weighted by Gasteiger charge is -2.37. The van der Waals surface area contributed by atoms with E-state index in [1.54, 1.807) is 13.1 Å². The molecule has 2 aromatic heterocycles. The van der Waals surface area contributed by atoms with Crippen molar-refractivity contribution in [3.8, 4) is 5.69 Å². The summed E-state index contributed by atoms with van der Waals surface area (Å²) in [7, 11) is 0. The van der Waals surface area contributed by atoms with Crippen molar-refractivity contribution >= 4 is 23.3 Å². The van der Waals surface area contributed by atoms with Gasteiger partial charge < -0.3 is 25.7 Å². The van der Waals surface area contributed by atoms with Gasteiger partial charge in [-0.2, -0.15) is 9.90 Å². The summed E-state index contributed by atoms with van der Waals surface area (Å²) in [4.78, 5) is 35.8. The molecule has 1 aliphatic heterocycles. The van der Waals surface area contributed by atoms with Crippen molar-refractivity contribution in [1.29, 1.82) is 0 Å². The molecule has 1 saturated heterocycles. The second kappa shape index (κ2) is 11.5. The number of hydrogen-bond acceptors (Lipinski definition) is 7. The van der Waals surface area contributed by atoms with Crippen LogP contribution in [0.3, 0.4) is 0 Å². The number of carbonyl (C=O) groups is 2. The fourth-order valence-electron chi connectivity index (χ4n) is 5.07. The predicted molar refractivity (Wildman–Crippen MR) is 139 cm³/mol. The van der Waals surface area contributed by atoms with E-state index in [-0.39, 0.29) is 41.4 Å². The molecule has 3 heterocycles. The van der Waals surface area contributed by atoms with E-state index < -0.39 is 0 Å². The third-order valence-corrected chi connectivity index (χ3v) is 7.12. The Morgan fingerprint density at radius 2 is 1.78 bits per heavy atom. The monoisotopic (exact) mass is 507 g/mol. The van der Waals surface area contributed by atoms with Crippen LogP contribution in [0.15, 0.2) is 48.7 Å². The first-order chi connectivity index (χ1) is 17.5. The van der Waals surface area contributed by atoms with Crippen molar-refractivity contribution in [2.45, 2.75) is 26.2 Å². The zero-order valence-electron chi connectivity index (χ0n) is 20.9. The molecule has 4 N–H and O–H groups in total. The van der Waals surface area contributed by atoms with Crippen LogP contribution in [-0.4, -0.2) is 80.1 Å². The molecule has 2 atom stereocenters. The Kier molecular flexibility index (Phi) is 8.14. The summed E-state index contributed by atoms with van der Waals surface area (Å²) in [5.41, 5.74) is 2.15. The van der Waals surface area contributed by atoms with Gasteiger partial charge in [0.1, 0.15) is 5.82 Å². The fraction of sp³-hybridized carbons (Fsp3) is 0.423. The second-order valence-electron chi connectivity index (χ2n) is 9.41. The number of pyridine rings is 1. The van der Waals surface area contributed by atoms with Gasteiger partial charge in [0.15, 0.2) is 5.69 Å². The number of benzene rings is 1. The minimum absolute atomic E-state index is 0. The average Bonchev–Trinajstić information content (AvgIpc) is 3.56. The number of para-hydroxylation sites is 1. The summed E-state index contributed by atoms with van der Waals surface area (Å²) in [5.74, 6) is 0.702. The standard InChI is InChI=1S/C26H31N7O3.H2O/c1-18-24(30-33(29-18)21-7-3-2-4-8-21)25(35)28-20-10-11-23(27-16-20)31-12-14-32(15-13-31)26(36)22-9-5-6-19(22)17-34;/h2-4,7-8,10-11,16,19,22,34H,5-6,9,12-15,17H2,1H3,(H,28,35);1H2/t19-,22+;/m1./s1. The molecular weight excluding hydrogens is 474 g/mol. The van der Waals surface area contributed by atoms with Gasteiger partial charge in [0.2, 0.25) is 5.91 Å². The molecule has 37 heavy (non-hydrogen) atoms. The molecule has 2 fully saturated rings. The number of aliphatic hydroxyl groups is 1. The number of aromatic nitrogens is 4. The number of nitrogens with zero attached hydrogens (tertiary/aromatic N) is 6. The lowest BCUT2D eigenvalue weighted by molar-refractivity contribution is -0.137. The molecule has 2 amide bonds. The molecule has 2 aliphatic rings. The van der Waals surface area contributed by atoms with Crippen LogP contribution in [0, 0.1) is 18.8 Å². The van der Waals surface area contributed by atoms with E-state index in [0.717, 1.165) is 30.8 Å². The van der Waals surface area contributed by atoms with Gasteiger partial charge in [0, 0.05) is 38.7 Å². The van der Waals surface area contributed by atoms with Crippen molar-refractivity contribution in [3.05, 3.63) is 60.0 Å². The Labute approximate surface area is 215 Å². The van der Waals surface area contributed by atoms with Crippen molar-refractivity contribution < 1.29 is 20.2 Å². The number of anilines is 2. The number of carbonyl (C=O) groups excluding carboxylic acids is 2. The van der Waals surface area contributed by atoms with Crippen molar-refractivity contribution in [1.82, 2.24) is 24.9 Å². The first-order valence-corrected chi connectivity index (χ1v) is 12.4. The maximum absolute atomic E-state index is 12.9. The molecular formula is C26H33N7O4. The number of nitrogens with one attached hydrogen (secondary N) is 1. The minimum Gasteiger partial charge on any atom is -0.412 e. The van der Waals surface area contributed by atoms with E-state index in [2.05, 4.69) is 25.4 Å². The molecule has 5 rings (SSSR count). The highest BCUT2D eigenvalue weighted by Crippen LogP contribution is 2.33. The minimum atomic E-state index is -0.343. The molecule has 1 aliphatic carbocycles. The highest BCUT2D eigenvalue weighted by Gasteiger charge is 2.36. The van der Waals surface area contributed by atoms with Gasteiger partial charge in [0.25, 0.3) is 5.91 Å². The number of amides is 2. The summed E-state index contributed by atoms with van der Waals surface area (Å²) in [6.07, 6.45) is 4.46. The van der Waals surface area contributed by atoms with E-state index in [1.807, 2.05) is 47.4 Å². The van der Waals surface area contributed by atoms with Crippen molar-refractivity contribution in [2.24, 2.45) is 11.8 Å². The first-order valence-electron chi connectivity index (χ1n) is 12.4. The maximum Gasteiger partial charge on any atom is 0.278 e. The molecule has 196 valence electrons. The Morgan fingerprint density at radius 1 is 1.03 bits per heavy atom. The van der Waals surface area contributed by atoms with Gasteiger partial charge in [-0.25, -0.2) is 4.98 Å². The van der Waals surface area contributed by atoms with Crippen LogP contribution in [-0.2, 0) is 4.79 Å². The number of aliphatic hydroxyl groups excluding tert-OH is 1. The second-order valence-corrected chi connectivity index (χ2v) is 9.41. The van der Waals surface area contributed by atoms with E-state index >= 15 is 0 Å². The van der Waals surface area contributed by atoms with Crippen LogP contribution in [0.25, 0.3) is 5.69 Å². The summed E-state index contributed by atoms with van der Waals surface area (Å²) in [5, 5.41) is 21.1. The Hall–Kier alpha value is -3.83. The maximum atomic E-state index is 12.9. The van der Waals surface area contributed by atoms with Gasteiger partial charge in [-0.3, -0.25) is 9.59 Å². The molecule has 0 radical (unpaired) electrons. The number of aryl methyl sites for hydroxylation is 1. The molecule has 1 saturated carbocycles. The fourth-order valence-corrected chi connectivity index (χ4v) is 5.07. The van der Waals surface area contributed by atoms with Gasteiger partial charge in [0.05, 0.1) is 23.3 Å². The third-order valence-electron chi connectivity index (χ3n) is 7.12. The highest BCUT2D eigenvalue weighted by atomic mass is 16.3. The van der Waals surface area contributed by atoms with Gasteiger partial charge >= 0.3 is 0 Å². The largest absolute Gasteiger partial charge is 0.412 e. The smallest absolute Gasteiger partial charge is 0.278 e. The van der Waals surface area contributed by atoms with Gasteiger partial charge in [-0.15, -0.1) is 5.10 Å². The Bertz CT molecular complexity index is 1210. The van der Waals surface area contributed by atoms with Crippen LogP contribution < -0.4 is 10.2 Å². The molecule has 1 aromatic carbocycles. The van der Waals surface area contributed by atoms with Crippen LogP contribution in [0.4, 0.5) is 11.5 Å². The quantitative estimate of drug-likeness (QED) is 0.513. The first kappa shape index (κ1) is 26.2. The zero-order valence-corrected chi connectivity index (χ0v) is 20.9. The van der Waals surface area contributed by atoms with E-state index in [9.17, 15) is 14.7 Å². The summed E-state index contributed by atoms with van der Waals surface area (Å²) in [6, 6.07) is 13.1. The number of rotatable bonds is 6. The lowest BCUT2D eigenvalue weighted by atomic mass is 9.95. The molecule has 0 bridgehead atoms.